The van der Waals surface area contributed by atoms with E-state index in [0.717, 1.165) is 77.1 Å². The van der Waals surface area contributed by atoms with E-state index in [9.17, 15) is 4.79 Å². The van der Waals surface area contributed by atoms with Gasteiger partial charge in [0.15, 0.2) is 0 Å². The number of unbranched alkanes of at least 4 members (excludes halogenated alkanes) is 2. The van der Waals surface area contributed by atoms with Gasteiger partial charge < -0.3 is 14.6 Å². The zero-order valence-electron chi connectivity index (χ0n) is 21.7. The van der Waals surface area contributed by atoms with Gasteiger partial charge in [-0.3, -0.25) is 4.79 Å². The first kappa shape index (κ1) is 25.5. The average molecular weight is 484 g/mol. The lowest BCUT2D eigenvalue weighted by Gasteiger charge is -2.14. The van der Waals surface area contributed by atoms with Crippen molar-refractivity contribution in [3.8, 4) is 5.75 Å². The molecule has 1 aromatic heterocycles. The second-order valence-electron chi connectivity index (χ2n) is 9.50. The third-order valence-electron chi connectivity index (χ3n) is 6.72. The highest BCUT2D eigenvalue weighted by atomic mass is 16.5. The molecule has 0 spiro atoms. The number of fused-ring (bicyclic) bond motifs is 1. The molecule has 36 heavy (non-hydrogen) atoms. The van der Waals surface area contributed by atoms with Gasteiger partial charge >= 0.3 is 0 Å². The Morgan fingerprint density at radius 1 is 0.861 bits per heavy atom. The van der Waals surface area contributed by atoms with Crippen molar-refractivity contribution in [2.45, 2.75) is 59.4 Å². The number of aromatic nitrogens is 2. The molecule has 0 bridgehead atoms. The van der Waals surface area contributed by atoms with Crippen molar-refractivity contribution in [2.24, 2.45) is 0 Å². The summed E-state index contributed by atoms with van der Waals surface area (Å²) in [6, 6.07) is 22.6. The minimum atomic E-state index is 0.0926. The zero-order chi connectivity index (χ0) is 25.3. The summed E-state index contributed by atoms with van der Waals surface area (Å²) >= 11 is 0. The number of hydrogen-bond donors (Lipinski definition) is 1. The Morgan fingerprint density at radius 2 is 1.58 bits per heavy atom. The van der Waals surface area contributed by atoms with Crippen LogP contribution < -0.4 is 10.1 Å². The van der Waals surface area contributed by atoms with Crippen molar-refractivity contribution in [1.82, 2.24) is 14.9 Å². The van der Waals surface area contributed by atoms with Crippen LogP contribution in [0.4, 0.5) is 0 Å². The maximum Gasteiger partial charge on any atom is 0.224 e. The first-order valence-corrected chi connectivity index (χ1v) is 13.0. The molecule has 1 amide bonds. The number of imidazole rings is 1. The predicted octanol–water partition coefficient (Wildman–Crippen LogP) is 6.11. The summed E-state index contributed by atoms with van der Waals surface area (Å²) < 4.78 is 8.48. The molecule has 5 heteroatoms. The van der Waals surface area contributed by atoms with Crippen LogP contribution in [-0.2, 0) is 24.2 Å². The summed E-state index contributed by atoms with van der Waals surface area (Å²) in [7, 11) is 0. The number of rotatable bonds is 12. The third kappa shape index (κ3) is 6.54. The molecule has 0 aliphatic heterocycles. The van der Waals surface area contributed by atoms with Gasteiger partial charge in [0.05, 0.1) is 24.0 Å². The number of ether oxygens (including phenoxy) is 1. The van der Waals surface area contributed by atoms with E-state index in [4.69, 9.17) is 9.72 Å². The number of hydrogen-bond acceptors (Lipinski definition) is 3. The van der Waals surface area contributed by atoms with E-state index in [-0.39, 0.29) is 5.91 Å². The molecule has 1 heterocycles. The lowest BCUT2D eigenvalue weighted by atomic mass is 10.1. The van der Waals surface area contributed by atoms with Crippen LogP contribution in [0.3, 0.4) is 0 Å². The molecule has 0 fully saturated rings. The SMILES string of the molecule is Cc1ccccc1CC(=O)NCCCCCc1nc2ccccc2n1CCOc1c(C)cccc1C. The molecule has 5 nitrogen and oxygen atoms in total. The maximum absolute atomic E-state index is 12.3. The van der Waals surface area contributed by atoms with Gasteiger partial charge in [-0.25, -0.2) is 4.98 Å². The molecule has 0 unspecified atom stereocenters. The minimum absolute atomic E-state index is 0.0926. The Labute approximate surface area is 214 Å². The van der Waals surface area contributed by atoms with Gasteiger partial charge in [-0.05, 0) is 68.0 Å². The van der Waals surface area contributed by atoms with E-state index >= 15 is 0 Å². The first-order valence-electron chi connectivity index (χ1n) is 13.0. The second-order valence-corrected chi connectivity index (χ2v) is 9.50. The molecule has 0 aliphatic rings. The number of benzene rings is 3. The Morgan fingerprint density at radius 3 is 2.39 bits per heavy atom. The van der Waals surface area contributed by atoms with Crippen molar-refractivity contribution < 1.29 is 9.53 Å². The molecule has 0 radical (unpaired) electrons. The normalized spacial score (nSPS) is 11.1. The molecule has 4 rings (SSSR count). The van der Waals surface area contributed by atoms with Crippen molar-refractivity contribution in [2.75, 3.05) is 13.2 Å². The Balaban J connectivity index is 1.26. The summed E-state index contributed by atoms with van der Waals surface area (Å²) in [5, 5.41) is 3.07. The van der Waals surface area contributed by atoms with Gasteiger partial charge in [-0.2, -0.15) is 0 Å². The first-order chi connectivity index (χ1) is 17.5. The van der Waals surface area contributed by atoms with E-state index in [2.05, 4.69) is 60.1 Å². The summed E-state index contributed by atoms with van der Waals surface area (Å²) in [6.45, 7) is 8.30. The van der Waals surface area contributed by atoms with E-state index in [1.54, 1.807) is 0 Å². The second kappa shape index (κ2) is 12.4. The molecule has 0 saturated heterocycles. The molecule has 0 aliphatic carbocycles. The van der Waals surface area contributed by atoms with Gasteiger partial charge in [-0.1, -0.05) is 61.0 Å². The number of nitrogens with one attached hydrogen (secondary N) is 1. The quantitative estimate of drug-likeness (QED) is 0.247. The lowest BCUT2D eigenvalue weighted by molar-refractivity contribution is -0.120. The van der Waals surface area contributed by atoms with Crippen LogP contribution in [0.15, 0.2) is 66.7 Å². The summed E-state index contributed by atoms with van der Waals surface area (Å²) in [5.74, 6) is 2.17. The van der Waals surface area contributed by atoms with E-state index in [1.165, 1.54) is 0 Å². The standard InChI is InChI=1S/C31H37N3O2/c1-23-12-6-7-15-26(23)22-30(35)32-19-10-4-5-18-29-33-27-16-8-9-17-28(27)34(29)20-21-36-31-24(2)13-11-14-25(31)3/h6-9,11-17H,4-5,10,18-22H2,1-3H3,(H,32,35). The van der Waals surface area contributed by atoms with E-state index in [0.29, 0.717) is 19.6 Å². The summed E-state index contributed by atoms with van der Waals surface area (Å²) in [5.41, 5.74) is 6.77. The lowest BCUT2D eigenvalue weighted by Crippen LogP contribution is -2.26. The highest BCUT2D eigenvalue weighted by Crippen LogP contribution is 2.23. The largest absolute Gasteiger partial charge is 0.491 e. The zero-order valence-corrected chi connectivity index (χ0v) is 21.7. The van der Waals surface area contributed by atoms with Gasteiger partial charge in [0.1, 0.15) is 18.2 Å². The van der Waals surface area contributed by atoms with Gasteiger partial charge in [0.25, 0.3) is 0 Å². The van der Waals surface area contributed by atoms with Crippen LogP contribution >= 0.6 is 0 Å². The molecule has 3 aromatic carbocycles. The summed E-state index contributed by atoms with van der Waals surface area (Å²) in [6.07, 6.45) is 4.41. The molecule has 0 saturated carbocycles. The molecule has 188 valence electrons. The molecule has 4 aromatic rings. The fourth-order valence-corrected chi connectivity index (χ4v) is 4.69. The number of amides is 1. The van der Waals surface area contributed by atoms with Crippen LogP contribution in [0, 0.1) is 20.8 Å². The van der Waals surface area contributed by atoms with Gasteiger partial charge in [0, 0.05) is 13.0 Å². The average Bonchev–Trinajstić information content (AvgIpc) is 3.22. The highest BCUT2D eigenvalue weighted by Gasteiger charge is 2.11. The van der Waals surface area contributed by atoms with Crippen LogP contribution in [0.2, 0.25) is 0 Å². The molecule has 0 atom stereocenters. The molecule has 1 N–H and O–H groups in total. The van der Waals surface area contributed by atoms with Crippen molar-refractivity contribution >= 4 is 16.9 Å². The van der Waals surface area contributed by atoms with E-state index < -0.39 is 0 Å². The smallest absolute Gasteiger partial charge is 0.224 e. The predicted molar refractivity (Wildman–Crippen MR) is 147 cm³/mol. The highest BCUT2D eigenvalue weighted by molar-refractivity contribution is 5.78. The van der Waals surface area contributed by atoms with Gasteiger partial charge in [0.2, 0.25) is 5.91 Å². The Hall–Kier alpha value is -3.60. The molecular weight excluding hydrogens is 446 g/mol. The van der Waals surface area contributed by atoms with Crippen LogP contribution in [0.5, 0.6) is 5.75 Å². The third-order valence-corrected chi connectivity index (χ3v) is 6.72. The topological polar surface area (TPSA) is 56.2 Å². The van der Waals surface area contributed by atoms with Crippen LogP contribution in [-0.4, -0.2) is 28.6 Å². The maximum atomic E-state index is 12.3. The molecular formula is C31H37N3O2. The Bertz CT molecular complexity index is 1290. The summed E-state index contributed by atoms with van der Waals surface area (Å²) in [4.78, 5) is 17.2. The fraction of sp³-hybridized carbons (Fsp3) is 0.355. The number of carbonyl (C=O) groups excluding carboxylic acids is 1. The van der Waals surface area contributed by atoms with Crippen molar-refractivity contribution in [3.05, 3.63) is 94.8 Å². The van der Waals surface area contributed by atoms with Crippen LogP contribution in [0.1, 0.15) is 47.3 Å². The number of aryl methyl sites for hydroxylation is 4. The minimum Gasteiger partial charge on any atom is -0.491 e. The van der Waals surface area contributed by atoms with Crippen molar-refractivity contribution in [1.29, 1.82) is 0 Å². The number of nitrogens with zero attached hydrogens (tertiary/aromatic N) is 2. The van der Waals surface area contributed by atoms with Crippen LogP contribution in [0.25, 0.3) is 11.0 Å². The van der Waals surface area contributed by atoms with Gasteiger partial charge in [-0.15, -0.1) is 0 Å². The van der Waals surface area contributed by atoms with Crippen molar-refractivity contribution in [3.63, 3.8) is 0 Å². The monoisotopic (exact) mass is 483 g/mol. The Kier molecular flexibility index (Phi) is 8.77. The fourth-order valence-electron chi connectivity index (χ4n) is 4.69. The van der Waals surface area contributed by atoms with E-state index in [1.807, 2.05) is 37.3 Å². The number of carbonyl (C=O) groups is 1. The number of para-hydroxylation sites is 3.